The van der Waals surface area contributed by atoms with Gasteiger partial charge in [0.15, 0.2) is 5.82 Å². The summed E-state index contributed by atoms with van der Waals surface area (Å²) in [6, 6.07) is 3.92. The maximum Gasteiger partial charge on any atom is 0.160 e. The highest BCUT2D eigenvalue weighted by molar-refractivity contribution is 5.53. The lowest BCUT2D eigenvalue weighted by molar-refractivity contribution is 0.242. The van der Waals surface area contributed by atoms with Crippen molar-refractivity contribution in [2.45, 2.75) is 46.3 Å². The molecule has 0 aromatic carbocycles. The molecule has 0 amide bonds. The predicted molar refractivity (Wildman–Crippen MR) is 100 cm³/mol. The molecule has 6 heteroatoms. The van der Waals surface area contributed by atoms with Gasteiger partial charge in [0.05, 0.1) is 11.9 Å². The molecular formula is C20H24N6. The first-order valence-electron chi connectivity index (χ1n) is 9.23. The number of aryl methyl sites for hydroxylation is 1. The summed E-state index contributed by atoms with van der Waals surface area (Å²) >= 11 is 0. The minimum Gasteiger partial charge on any atom is -0.294 e. The van der Waals surface area contributed by atoms with Crippen LogP contribution in [0.15, 0.2) is 36.9 Å². The van der Waals surface area contributed by atoms with Gasteiger partial charge in [-0.05, 0) is 25.5 Å². The van der Waals surface area contributed by atoms with Crippen molar-refractivity contribution in [3.63, 3.8) is 0 Å². The van der Waals surface area contributed by atoms with Crippen LogP contribution in [0.5, 0.6) is 0 Å². The molecule has 0 saturated heterocycles. The van der Waals surface area contributed by atoms with Crippen LogP contribution in [0.2, 0.25) is 0 Å². The summed E-state index contributed by atoms with van der Waals surface area (Å²) in [6.07, 6.45) is 9.63. The van der Waals surface area contributed by atoms with Gasteiger partial charge in [0.1, 0.15) is 0 Å². The minimum atomic E-state index is 0.766. The van der Waals surface area contributed by atoms with E-state index in [2.05, 4.69) is 38.5 Å². The summed E-state index contributed by atoms with van der Waals surface area (Å²) in [4.78, 5) is 15.9. The Bertz CT molecular complexity index is 887. The first-order chi connectivity index (χ1) is 12.7. The number of fused-ring (bicyclic) bond motifs is 1. The smallest absolute Gasteiger partial charge is 0.160 e. The SMILES string of the molecule is CCCn1ncc(CN2CCc3nc(-c4cccnc4)ncc3C2)c1C. The Hall–Kier alpha value is -2.60. The second kappa shape index (κ2) is 7.33. The monoisotopic (exact) mass is 348 g/mol. The molecule has 0 atom stereocenters. The fraction of sp³-hybridized carbons (Fsp3) is 0.400. The van der Waals surface area contributed by atoms with Crippen LogP contribution >= 0.6 is 0 Å². The maximum absolute atomic E-state index is 4.78. The van der Waals surface area contributed by atoms with E-state index in [9.17, 15) is 0 Å². The van der Waals surface area contributed by atoms with E-state index in [1.165, 1.54) is 16.8 Å². The van der Waals surface area contributed by atoms with E-state index in [1.807, 2.05) is 30.7 Å². The van der Waals surface area contributed by atoms with Crippen LogP contribution in [0.3, 0.4) is 0 Å². The first kappa shape index (κ1) is 16.8. The van der Waals surface area contributed by atoms with Crippen molar-refractivity contribution in [1.29, 1.82) is 0 Å². The molecule has 4 heterocycles. The number of hydrogen-bond acceptors (Lipinski definition) is 5. The van der Waals surface area contributed by atoms with Crippen molar-refractivity contribution < 1.29 is 0 Å². The molecule has 0 bridgehead atoms. The molecule has 0 radical (unpaired) electrons. The Balaban J connectivity index is 1.48. The second-order valence-electron chi connectivity index (χ2n) is 6.85. The molecule has 0 unspecified atom stereocenters. The largest absolute Gasteiger partial charge is 0.294 e. The number of rotatable bonds is 5. The van der Waals surface area contributed by atoms with Crippen molar-refractivity contribution >= 4 is 0 Å². The summed E-state index contributed by atoms with van der Waals surface area (Å²) in [5.41, 5.74) is 5.95. The highest BCUT2D eigenvalue weighted by Gasteiger charge is 2.20. The van der Waals surface area contributed by atoms with Crippen LogP contribution in [0.1, 0.15) is 35.9 Å². The molecule has 1 aliphatic heterocycles. The van der Waals surface area contributed by atoms with Crippen molar-refractivity contribution in [2.75, 3.05) is 6.54 Å². The van der Waals surface area contributed by atoms with E-state index >= 15 is 0 Å². The molecule has 0 fully saturated rings. The Morgan fingerprint density at radius 2 is 2.12 bits per heavy atom. The molecule has 3 aromatic heterocycles. The van der Waals surface area contributed by atoms with E-state index in [-0.39, 0.29) is 0 Å². The van der Waals surface area contributed by atoms with E-state index < -0.39 is 0 Å². The van der Waals surface area contributed by atoms with Gasteiger partial charge in [0.2, 0.25) is 0 Å². The molecule has 6 nitrogen and oxygen atoms in total. The average molecular weight is 348 g/mol. The van der Waals surface area contributed by atoms with Gasteiger partial charge in [-0.3, -0.25) is 14.6 Å². The maximum atomic E-state index is 4.78. The van der Waals surface area contributed by atoms with Crippen LogP contribution in [0, 0.1) is 6.92 Å². The van der Waals surface area contributed by atoms with Gasteiger partial charge in [-0.2, -0.15) is 5.10 Å². The van der Waals surface area contributed by atoms with Crippen molar-refractivity contribution in [2.24, 2.45) is 0 Å². The lowest BCUT2D eigenvalue weighted by Gasteiger charge is -2.28. The van der Waals surface area contributed by atoms with Gasteiger partial charge in [-0.1, -0.05) is 6.92 Å². The standard InChI is InChI=1S/C20H24N6/c1-3-8-26-15(2)17(12-23-26)13-25-9-6-19-18(14-25)11-22-20(24-19)16-5-4-7-21-10-16/h4-5,7,10-12H,3,6,8-9,13-14H2,1-2H3. The van der Waals surface area contributed by atoms with E-state index in [0.717, 1.165) is 56.1 Å². The Morgan fingerprint density at radius 3 is 2.92 bits per heavy atom. The fourth-order valence-electron chi connectivity index (χ4n) is 3.46. The molecule has 1 aliphatic rings. The van der Waals surface area contributed by atoms with Gasteiger partial charge in [0.25, 0.3) is 0 Å². The van der Waals surface area contributed by atoms with Crippen LogP contribution < -0.4 is 0 Å². The lowest BCUT2D eigenvalue weighted by Crippen LogP contribution is -2.31. The zero-order valence-electron chi connectivity index (χ0n) is 15.4. The zero-order valence-corrected chi connectivity index (χ0v) is 15.4. The summed E-state index contributed by atoms with van der Waals surface area (Å²) in [7, 11) is 0. The number of aromatic nitrogens is 5. The van der Waals surface area contributed by atoms with Crippen molar-refractivity contribution in [3.05, 3.63) is 59.4 Å². The average Bonchev–Trinajstić information content (AvgIpc) is 3.02. The summed E-state index contributed by atoms with van der Waals surface area (Å²) < 4.78 is 2.11. The van der Waals surface area contributed by atoms with Gasteiger partial charge >= 0.3 is 0 Å². The number of nitrogens with zero attached hydrogens (tertiary/aromatic N) is 6. The van der Waals surface area contributed by atoms with Gasteiger partial charge in [0, 0.05) is 73.6 Å². The molecule has 3 aromatic rings. The molecule has 0 aliphatic carbocycles. The topological polar surface area (TPSA) is 59.7 Å². The van der Waals surface area contributed by atoms with Crippen LogP contribution in [0.25, 0.3) is 11.4 Å². The molecule has 0 saturated carbocycles. The summed E-state index contributed by atoms with van der Waals surface area (Å²) in [6.45, 7) is 8.16. The highest BCUT2D eigenvalue weighted by atomic mass is 15.3. The predicted octanol–water partition coefficient (Wildman–Crippen LogP) is 3.01. The zero-order chi connectivity index (χ0) is 17.9. The van der Waals surface area contributed by atoms with Gasteiger partial charge < -0.3 is 0 Å². The normalized spacial score (nSPS) is 14.4. The molecule has 0 N–H and O–H groups in total. The van der Waals surface area contributed by atoms with Gasteiger partial charge in [-0.25, -0.2) is 9.97 Å². The van der Waals surface area contributed by atoms with Crippen LogP contribution in [-0.2, 0) is 26.1 Å². The van der Waals surface area contributed by atoms with Gasteiger partial charge in [-0.15, -0.1) is 0 Å². The minimum absolute atomic E-state index is 0.766. The third-order valence-corrected chi connectivity index (χ3v) is 4.97. The Kier molecular flexibility index (Phi) is 4.75. The number of pyridine rings is 1. The molecular weight excluding hydrogens is 324 g/mol. The quantitative estimate of drug-likeness (QED) is 0.709. The van der Waals surface area contributed by atoms with Crippen LogP contribution in [0.4, 0.5) is 0 Å². The van der Waals surface area contributed by atoms with Crippen molar-refractivity contribution in [1.82, 2.24) is 29.6 Å². The van der Waals surface area contributed by atoms with E-state index in [4.69, 9.17) is 4.98 Å². The molecule has 4 rings (SSSR count). The second-order valence-corrected chi connectivity index (χ2v) is 6.85. The fourth-order valence-corrected chi connectivity index (χ4v) is 3.46. The van der Waals surface area contributed by atoms with E-state index in [1.54, 1.807) is 6.20 Å². The summed E-state index contributed by atoms with van der Waals surface area (Å²) in [5.74, 6) is 0.766. The first-order valence-corrected chi connectivity index (χ1v) is 9.23. The van der Waals surface area contributed by atoms with Crippen LogP contribution in [-0.4, -0.2) is 36.2 Å². The van der Waals surface area contributed by atoms with Crippen molar-refractivity contribution in [3.8, 4) is 11.4 Å². The summed E-state index contributed by atoms with van der Waals surface area (Å²) in [5, 5.41) is 4.52. The molecule has 0 spiro atoms. The lowest BCUT2D eigenvalue weighted by atomic mass is 10.1. The Morgan fingerprint density at radius 1 is 1.19 bits per heavy atom. The Labute approximate surface area is 153 Å². The highest BCUT2D eigenvalue weighted by Crippen LogP contribution is 2.22. The molecule has 26 heavy (non-hydrogen) atoms. The number of hydrogen-bond donors (Lipinski definition) is 0. The third kappa shape index (κ3) is 3.37. The third-order valence-electron chi connectivity index (χ3n) is 4.97. The van der Waals surface area contributed by atoms with E-state index in [0.29, 0.717) is 0 Å². The molecule has 134 valence electrons.